The van der Waals surface area contributed by atoms with Crippen molar-refractivity contribution in [1.82, 2.24) is 15.1 Å². The molecule has 2 rings (SSSR count). The Bertz CT molecular complexity index is 295. The van der Waals surface area contributed by atoms with Crippen LogP contribution >= 0.6 is 0 Å². The van der Waals surface area contributed by atoms with Gasteiger partial charge in [0, 0.05) is 25.7 Å². The maximum absolute atomic E-state index is 12.6. The first-order valence-corrected chi connectivity index (χ1v) is 7.34. The van der Waals surface area contributed by atoms with Crippen LogP contribution in [0.25, 0.3) is 0 Å². The van der Waals surface area contributed by atoms with Crippen LogP contribution in [-0.2, 0) is 4.79 Å². The van der Waals surface area contributed by atoms with Crippen molar-refractivity contribution in [3.05, 3.63) is 0 Å². The SMILES string of the molecule is CCC1CCNC(C(=O)N2CCN(C)CC2C)C1. The summed E-state index contributed by atoms with van der Waals surface area (Å²) in [6, 6.07) is 0.412. The summed E-state index contributed by atoms with van der Waals surface area (Å²) in [5.41, 5.74) is 0. The number of piperidine rings is 1. The van der Waals surface area contributed by atoms with Crippen LogP contribution in [0.5, 0.6) is 0 Å². The van der Waals surface area contributed by atoms with Crippen LogP contribution in [0.15, 0.2) is 0 Å². The lowest BCUT2D eigenvalue weighted by molar-refractivity contribution is -0.138. The van der Waals surface area contributed by atoms with Crippen LogP contribution in [0, 0.1) is 5.92 Å². The molecular formula is C14H27N3O. The summed E-state index contributed by atoms with van der Waals surface area (Å²) in [6.07, 6.45) is 3.44. The number of hydrogen-bond acceptors (Lipinski definition) is 3. The molecule has 0 aromatic heterocycles. The molecule has 18 heavy (non-hydrogen) atoms. The Balaban J connectivity index is 1.94. The van der Waals surface area contributed by atoms with Gasteiger partial charge in [0.15, 0.2) is 0 Å². The van der Waals surface area contributed by atoms with Crippen LogP contribution in [0.1, 0.15) is 33.1 Å². The highest BCUT2D eigenvalue weighted by Crippen LogP contribution is 2.21. The molecule has 2 fully saturated rings. The molecule has 0 aromatic rings. The summed E-state index contributed by atoms with van der Waals surface area (Å²) in [5.74, 6) is 1.05. The fourth-order valence-electron chi connectivity index (χ4n) is 3.22. The molecule has 4 heteroatoms. The van der Waals surface area contributed by atoms with Gasteiger partial charge in [-0.2, -0.15) is 0 Å². The van der Waals surface area contributed by atoms with Crippen molar-refractivity contribution in [3.8, 4) is 0 Å². The maximum atomic E-state index is 12.6. The Labute approximate surface area is 111 Å². The Hall–Kier alpha value is -0.610. The largest absolute Gasteiger partial charge is 0.336 e. The molecule has 0 aromatic carbocycles. The molecule has 2 aliphatic heterocycles. The zero-order valence-electron chi connectivity index (χ0n) is 12.0. The summed E-state index contributed by atoms with van der Waals surface area (Å²) in [7, 11) is 2.13. The zero-order chi connectivity index (χ0) is 13.1. The molecule has 1 N–H and O–H groups in total. The lowest BCUT2D eigenvalue weighted by Crippen LogP contribution is -2.58. The minimum atomic E-state index is 0.0644. The van der Waals surface area contributed by atoms with Gasteiger partial charge in [0.05, 0.1) is 6.04 Å². The minimum absolute atomic E-state index is 0.0644. The van der Waals surface area contributed by atoms with E-state index in [4.69, 9.17) is 0 Å². The third-order valence-electron chi connectivity index (χ3n) is 4.50. The van der Waals surface area contributed by atoms with Crippen LogP contribution < -0.4 is 5.32 Å². The highest BCUT2D eigenvalue weighted by Gasteiger charge is 2.33. The third kappa shape index (κ3) is 3.04. The molecule has 3 atom stereocenters. The predicted octanol–water partition coefficient (Wildman–Crippen LogP) is 0.927. The molecule has 4 nitrogen and oxygen atoms in total. The van der Waals surface area contributed by atoms with E-state index in [1.165, 1.54) is 12.8 Å². The summed E-state index contributed by atoms with van der Waals surface area (Å²) in [5, 5.41) is 3.41. The lowest BCUT2D eigenvalue weighted by Gasteiger charge is -2.41. The van der Waals surface area contributed by atoms with Gasteiger partial charge >= 0.3 is 0 Å². The standard InChI is InChI=1S/C14H27N3O/c1-4-12-5-6-15-13(9-12)14(18)17-8-7-16(3)10-11(17)2/h11-13,15H,4-10H2,1-3H3. The van der Waals surface area contributed by atoms with Crippen molar-refractivity contribution in [2.24, 2.45) is 5.92 Å². The van der Waals surface area contributed by atoms with E-state index >= 15 is 0 Å². The first-order chi connectivity index (χ1) is 8.61. The lowest BCUT2D eigenvalue weighted by atomic mass is 9.89. The summed E-state index contributed by atoms with van der Waals surface area (Å²) >= 11 is 0. The minimum Gasteiger partial charge on any atom is -0.336 e. The van der Waals surface area contributed by atoms with Crippen LogP contribution in [0.3, 0.4) is 0 Å². The van der Waals surface area contributed by atoms with Gasteiger partial charge in [0.2, 0.25) is 5.91 Å². The normalized spacial score (nSPS) is 34.6. The molecule has 0 spiro atoms. The van der Waals surface area contributed by atoms with E-state index < -0.39 is 0 Å². The van der Waals surface area contributed by atoms with Gasteiger partial charge < -0.3 is 15.1 Å². The average Bonchev–Trinajstić information content (AvgIpc) is 2.38. The van der Waals surface area contributed by atoms with E-state index in [9.17, 15) is 4.79 Å². The fourth-order valence-corrected chi connectivity index (χ4v) is 3.22. The fraction of sp³-hybridized carbons (Fsp3) is 0.929. The van der Waals surface area contributed by atoms with Crippen molar-refractivity contribution < 1.29 is 4.79 Å². The van der Waals surface area contributed by atoms with E-state index in [0.717, 1.165) is 38.5 Å². The molecule has 0 bridgehead atoms. The van der Waals surface area contributed by atoms with Gasteiger partial charge in [-0.1, -0.05) is 13.3 Å². The highest BCUT2D eigenvalue weighted by atomic mass is 16.2. The van der Waals surface area contributed by atoms with Gasteiger partial charge in [-0.3, -0.25) is 4.79 Å². The molecule has 2 saturated heterocycles. The summed E-state index contributed by atoms with van der Waals surface area (Å²) in [4.78, 5) is 17.0. The van der Waals surface area contributed by atoms with E-state index in [2.05, 4.69) is 36.0 Å². The average molecular weight is 253 g/mol. The van der Waals surface area contributed by atoms with Crippen molar-refractivity contribution in [3.63, 3.8) is 0 Å². The molecule has 0 saturated carbocycles. The van der Waals surface area contributed by atoms with Crippen LogP contribution in [-0.4, -0.2) is 61.0 Å². The summed E-state index contributed by atoms with van der Waals surface area (Å²) < 4.78 is 0. The molecule has 1 amide bonds. The Kier molecular flexibility index (Phi) is 4.62. The zero-order valence-corrected chi connectivity index (χ0v) is 12.0. The topological polar surface area (TPSA) is 35.6 Å². The molecule has 3 unspecified atom stereocenters. The molecule has 2 heterocycles. The van der Waals surface area contributed by atoms with Crippen molar-refractivity contribution >= 4 is 5.91 Å². The number of rotatable bonds is 2. The third-order valence-corrected chi connectivity index (χ3v) is 4.50. The molecule has 0 radical (unpaired) electrons. The smallest absolute Gasteiger partial charge is 0.240 e. The Morgan fingerprint density at radius 2 is 2.17 bits per heavy atom. The van der Waals surface area contributed by atoms with Gasteiger partial charge in [-0.25, -0.2) is 0 Å². The first-order valence-electron chi connectivity index (χ1n) is 7.34. The first kappa shape index (κ1) is 13.8. The quantitative estimate of drug-likeness (QED) is 0.795. The van der Waals surface area contributed by atoms with Crippen LogP contribution in [0.2, 0.25) is 0 Å². The van der Waals surface area contributed by atoms with Gasteiger partial charge in [-0.05, 0) is 39.3 Å². The number of nitrogens with one attached hydrogen (secondary N) is 1. The van der Waals surface area contributed by atoms with Gasteiger partial charge in [-0.15, -0.1) is 0 Å². The second-order valence-electron chi connectivity index (χ2n) is 5.95. The monoisotopic (exact) mass is 253 g/mol. The Morgan fingerprint density at radius 1 is 1.39 bits per heavy atom. The Morgan fingerprint density at radius 3 is 2.83 bits per heavy atom. The van der Waals surface area contributed by atoms with Gasteiger partial charge in [0.25, 0.3) is 0 Å². The van der Waals surface area contributed by atoms with Crippen LogP contribution in [0.4, 0.5) is 0 Å². The number of piperazine rings is 1. The number of likely N-dealkylation sites (N-methyl/N-ethyl adjacent to an activating group) is 1. The van der Waals surface area contributed by atoms with Crippen molar-refractivity contribution in [1.29, 1.82) is 0 Å². The second-order valence-corrected chi connectivity index (χ2v) is 5.95. The van der Waals surface area contributed by atoms with Crippen molar-refractivity contribution in [2.45, 2.75) is 45.2 Å². The predicted molar refractivity (Wildman–Crippen MR) is 73.5 cm³/mol. The molecule has 0 aliphatic carbocycles. The molecular weight excluding hydrogens is 226 g/mol. The molecule has 2 aliphatic rings. The number of carbonyl (C=O) groups is 1. The van der Waals surface area contributed by atoms with E-state index in [-0.39, 0.29) is 6.04 Å². The number of amides is 1. The number of carbonyl (C=O) groups excluding carboxylic acids is 1. The maximum Gasteiger partial charge on any atom is 0.240 e. The molecule has 104 valence electrons. The number of hydrogen-bond donors (Lipinski definition) is 1. The second kappa shape index (κ2) is 6.02. The van der Waals surface area contributed by atoms with E-state index in [1.807, 2.05) is 0 Å². The highest BCUT2D eigenvalue weighted by molar-refractivity contribution is 5.82. The van der Waals surface area contributed by atoms with Gasteiger partial charge in [0.1, 0.15) is 0 Å². The summed E-state index contributed by atoms with van der Waals surface area (Å²) in [6.45, 7) is 8.27. The number of nitrogens with zero attached hydrogens (tertiary/aromatic N) is 2. The van der Waals surface area contributed by atoms with Crippen molar-refractivity contribution in [2.75, 3.05) is 33.2 Å². The van der Waals surface area contributed by atoms with E-state index in [1.54, 1.807) is 0 Å². The van der Waals surface area contributed by atoms with E-state index in [0.29, 0.717) is 11.9 Å².